The summed E-state index contributed by atoms with van der Waals surface area (Å²) in [6.07, 6.45) is 0.917. The third-order valence-corrected chi connectivity index (χ3v) is 7.28. The molecule has 2 amide bonds. The van der Waals surface area contributed by atoms with Crippen LogP contribution in [0, 0.1) is 0 Å². The van der Waals surface area contributed by atoms with Gasteiger partial charge in [-0.25, -0.2) is 0 Å². The van der Waals surface area contributed by atoms with Crippen LogP contribution in [0.3, 0.4) is 0 Å². The lowest BCUT2D eigenvalue weighted by atomic mass is 10.1. The lowest BCUT2D eigenvalue weighted by molar-refractivity contribution is -0.118. The lowest BCUT2D eigenvalue weighted by Crippen LogP contribution is -2.37. The first-order valence-corrected chi connectivity index (χ1v) is 13.3. The first-order chi connectivity index (χ1) is 19.0. The molecular formula is C29H23N5O4S. The number of rotatable bonds is 7. The summed E-state index contributed by atoms with van der Waals surface area (Å²) in [4.78, 5) is 46.2. The number of ether oxygens (including phenoxy) is 1. The van der Waals surface area contributed by atoms with Gasteiger partial charge in [0.15, 0.2) is 5.82 Å². The van der Waals surface area contributed by atoms with Gasteiger partial charge in [0, 0.05) is 16.8 Å². The van der Waals surface area contributed by atoms with Crippen molar-refractivity contribution in [2.45, 2.75) is 13.3 Å². The maximum atomic E-state index is 13.6. The van der Waals surface area contributed by atoms with E-state index < -0.39 is 11.5 Å². The molecule has 0 spiro atoms. The van der Waals surface area contributed by atoms with Crippen molar-refractivity contribution in [3.63, 3.8) is 0 Å². The highest BCUT2D eigenvalue weighted by Crippen LogP contribution is 2.35. The summed E-state index contributed by atoms with van der Waals surface area (Å²) in [7, 11) is 0. The molecule has 0 saturated carbocycles. The molecule has 0 aliphatic carbocycles. The molecule has 5 aromatic rings. The fourth-order valence-corrected chi connectivity index (χ4v) is 5.45. The van der Waals surface area contributed by atoms with Gasteiger partial charge in [-0.2, -0.15) is 9.50 Å². The highest BCUT2D eigenvalue weighted by molar-refractivity contribution is 7.15. The van der Waals surface area contributed by atoms with Crippen molar-refractivity contribution in [1.82, 2.24) is 14.6 Å². The zero-order chi connectivity index (χ0) is 26.9. The van der Waals surface area contributed by atoms with E-state index in [4.69, 9.17) is 4.74 Å². The molecule has 10 heteroatoms. The number of fused-ring (bicyclic) bond motifs is 2. The molecule has 1 aliphatic heterocycles. The van der Waals surface area contributed by atoms with Crippen LogP contribution >= 0.6 is 11.3 Å². The second-order valence-corrected chi connectivity index (χ2v) is 9.91. The van der Waals surface area contributed by atoms with Crippen molar-refractivity contribution in [3.05, 3.63) is 99.3 Å². The molecule has 0 radical (unpaired) electrons. The molecule has 0 fully saturated rings. The number of nitrogens with one attached hydrogen (secondary N) is 1. The maximum absolute atomic E-state index is 13.6. The van der Waals surface area contributed by atoms with Crippen molar-refractivity contribution in [1.29, 1.82) is 0 Å². The van der Waals surface area contributed by atoms with Gasteiger partial charge in [0.1, 0.15) is 16.8 Å². The number of amides is 2. The van der Waals surface area contributed by atoms with Crippen LogP contribution in [-0.2, 0) is 9.59 Å². The van der Waals surface area contributed by atoms with Gasteiger partial charge in [0.2, 0.25) is 10.9 Å². The summed E-state index contributed by atoms with van der Waals surface area (Å²) in [5.74, 6) is 0.412. The van der Waals surface area contributed by atoms with E-state index >= 15 is 0 Å². The molecule has 9 nitrogen and oxygen atoms in total. The third-order valence-electron chi connectivity index (χ3n) is 6.25. The van der Waals surface area contributed by atoms with Crippen LogP contribution < -0.4 is 25.0 Å². The largest absolute Gasteiger partial charge is 0.494 e. The maximum Gasteiger partial charge on any atom is 0.291 e. The van der Waals surface area contributed by atoms with E-state index in [1.807, 2.05) is 49.4 Å². The number of hydrogen-bond acceptors (Lipinski definition) is 7. The standard InChI is InChI=1S/C29H23N5O4S/c1-2-16-38-20-14-12-18(13-15-20)26-31-29-34(32-26)28(37)25(39-29)24-21-10-6-7-11-22(21)33(27(24)36)17-23(35)30-19-8-4-3-5-9-19/h3-15H,2,16-17H2,1H3,(H,30,35). The number of benzene rings is 3. The van der Waals surface area contributed by atoms with Gasteiger partial charge >= 0.3 is 0 Å². The first-order valence-electron chi connectivity index (χ1n) is 12.5. The Kier molecular flexibility index (Phi) is 6.37. The Balaban J connectivity index is 1.34. The van der Waals surface area contributed by atoms with Crippen molar-refractivity contribution in [2.75, 3.05) is 23.4 Å². The van der Waals surface area contributed by atoms with Crippen LogP contribution in [0.4, 0.5) is 11.4 Å². The Morgan fingerprint density at radius 1 is 0.974 bits per heavy atom. The van der Waals surface area contributed by atoms with Gasteiger partial charge in [-0.05, 0) is 48.9 Å². The van der Waals surface area contributed by atoms with E-state index in [9.17, 15) is 14.4 Å². The van der Waals surface area contributed by atoms with E-state index in [-0.39, 0.29) is 22.6 Å². The predicted molar refractivity (Wildman–Crippen MR) is 150 cm³/mol. The molecule has 0 atom stereocenters. The number of anilines is 2. The Morgan fingerprint density at radius 3 is 2.46 bits per heavy atom. The van der Waals surface area contributed by atoms with Gasteiger partial charge in [-0.15, -0.1) is 5.10 Å². The molecule has 1 aliphatic rings. The van der Waals surface area contributed by atoms with E-state index in [1.54, 1.807) is 36.4 Å². The number of para-hydroxylation sites is 2. The third kappa shape index (κ3) is 4.55. The van der Waals surface area contributed by atoms with Crippen LogP contribution in [0.2, 0.25) is 0 Å². The Bertz CT molecular complexity index is 1810. The smallest absolute Gasteiger partial charge is 0.291 e. The monoisotopic (exact) mass is 537 g/mol. The van der Waals surface area contributed by atoms with E-state index in [2.05, 4.69) is 15.4 Å². The summed E-state index contributed by atoms with van der Waals surface area (Å²) >= 11 is 1.11. The van der Waals surface area contributed by atoms with Crippen molar-refractivity contribution < 1.29 is 14.3 Å². The highest BCUT2D eigenvalue weighted by Gasteiger charge is 2.35. The van der Waals surface area contributed by atoms with Gasteiger partial charge in [0.05, 0.1) is 17.9 Å². The fourth-order valence-electron chi connectivity index (χ4n) is 4.45. The van der Waals surface area contributed by atoms with Gasteiger partial charge in [-0.3, -0.25) is 19.3 Å². The molecule has 0 unspecified atom stereocenters. The van der Waals surface area contributed by atoms with Gasteiger partial charge in [0.25, 0.3) is 11.5 Å². The molecule has 6 rings (SSSR count). The zero-order valence-electron chi connectivity index (χ0n) is 21.0. The molecule has 39 heavy (non-hydrogen) atoms. The normalized spacial score (nSPS) is 14.1. The minimum absolute atomic E-state index is 0.189. The van der Waals surface area contributed by atoms with Crippen LogP contribution in [-0.4, -0.2) is 39.6 Å². The summed E-state index contributed by atoms with van der Waals surface area (Å²) in [6, 6.07) is 23.6. The lowest BCUT2D eigenvalue weighted by Gasteiger charge is -2.16. The average molecular weight is 538 g/mol. The van der Waals surface area contributed by atoms with Gasteiger partial charge in [-0.1, -0.05) is 54.7 Å². The van der Waals surface area contributed by atoms with E-state index in [0.717, 1.165) is 29.1 Å². The quantitative estimate of drug-likeness (QED) is 0.341. The average Bonchev–Trinajstić information content (AvgIpc) is 3.59. The first kappa shape index (κ1) is 24.5. The topological polar surface area (TPSA) is 106 Å². The molecular weight excluding hydrogens is 514 g/mol. The second-order valence-electron chi connectivity index (χ2n) is 8.94. The van der Waals surface area contributed by atoms with Crippen LogP contribution in [0.15, 0.2) is 83.7 Å². The summed E-state index contributed by atoms with van der Waals surface area (Å²) < 4.78 is 7.09. The molecule has 0 bridgehead atoms. The van der Waals surface area contributed by atoms with Crippen molar-refractivity contribution in [3.8, 4) is 17.1 Å². The summed E-state index contributed by atoms with van der Waals surface area (Å²) in [5, 5.41) is 7.23. The van der Waals surface area contributed by atoms with Crippen molar-refractivity contribution >= 4 is 45.1 Å². The molecule has 2 aromatic heterocycles. The molecule has 194 valence electrons. The predicted octanol–water partition coefficient (Wildman–Crippen LogP) is 3.51. The van der Waals surface area contributed by atoms with Crippen molar-refractivity contribution in [2.24, 2.45) is 0 Å². The minimum atomic E-state index is -0.426. The number of thiazole rings is 1. The molecule has 1 N–H and O–H groups in total. The molecule has 0 saturated heterocycles. The number of aromatic nitrogens is 3. The zero-order valence-corrected chi connectivity index (χ0v) is 21.8. The van der Waals surface area contributed by atoms with E-state index in [0.29, 0.717) is 34.3 Å². The SMILES string of the molecule is CCCOc1ccc(-c2nc3sc(=C4C(=O)N(CC(=O)Nc5ccccc5)c5ccccc54)c(=O)n3n2)cc1. The van der Waals surface area contributed by atoms with E-state index in [1.165, 1.54) is 9.42 Å². The Hall–Kier alpha value is -4.83. The number of hydrogen-bond donors (Lipinski definition) is 1. The number of carbonyl (C=O) groups excluding carboxylic acids is 2. The van der Waals surface area contributed by atoms with Crippen LogP contribution in [0.25, 0.3) is 21.9 Å². The minimum Gasteiger partial charge on any atom is -0.494 e. The Morgan fingerprint density at radius 2 is 1.72 bits per heavy atom. The number of carbonyl (C=O) groups is 2. The molecule has 3 aromatic carbocycles. The fraction of sp³-hybridized carbons (Fsp3) is 0.138. The second kappa shape index (κ2) is 10.1. The number of nitrogens with zero attached hydrogens (tertiary/aromatic N) is 4. The van der Waals surface area contributed by atoms with Crippen LogP contribution in [0.1, 0.15) is 18.9 Å². The summed E-state index contributed by atoms with van der Waals surface area (Å²) in [6.45, 7) is 2.49. The summed E-state index contributed by atoms with van der Waals surface area (Å²) in [5.41, 5.74) is 2.38. The molecule has 3 heterocycles. The Labute approximate surface area is 227 Å². The van der Waals surface area contributed by atoms with Gasteiger partial charge < -0.3 is 10.1 Å². The van der Waals surface area contributed by atoms with Crippen LogP contribution in [0.5, 0.6) is 5.75 Å². The highest BCUT2D eigenvalue weighted by atomic mass is 32.1.